The van der Waals surface area contributed by atoms with Crippen LogP contribution in [0.25, 0.3) is 6.08 Å². The number of hydrogen-bond donors (Lipinski definition) is 1. The van der Waals surface area contributed by atoms with Crippen LogP contribution in [-0.4, -0.2) is 18.0 Å². The fraction of sp³-hybridized carbons (Fsp3) is 0.0625. The Balaban J connectivity index is 2.09. The highest BCUT2D eigenvalue weighted by molar-refractivity contribution is 6.06. The van der Waals surface area contributed by atoms with Crippen LogP contribution in [0.4, 0.5) is 0 Å². The average molecular weight is 254 g/mol. The molecule has 0 heterocycles. The number of benzene rings is 2. The Morgan fingerprint density at radius 3 is 2.26 bits per heavy atom. The molecule has 0 bridgehead atoms. The van der Waals surface area contributed by atoms with Gasteiger partial charge in [0.15, 0.2) is 5.78 Å². The van der Waals surface area contributed by atoms with Crippen LogP contribution in [0, 0.1) is 0 Å². The number of ketones is 1. The van der Waals surface area contributed by atoms with E-state index in [9.17, 15) is 4.79 Å². The number of phenols is 1. The minimum Gasteiger partial charge on any atom is -0.508 e. The summed E-state index contributed by atoms with van der Waals surface area (Å²) in [6.07, 6.45) is 3.22. The topological polar surface area (TPSA) is 46.5 Å². The molecule has 0 fully saturated rings. The second-order valence-corrected chi connectivity index (χ2v) is 4.02. The van der Waals surface area contributed by atoms with Crippen molar-refractivity contribution in [3.05, 3.63) is 65.7 Å². The molecule has 0 saturated carbocycles. The van der Waals surface area contributed by atoms with Crippen molar-refractivity contribution < 1.29 is 14.6 Å². The van der Waals surface area contributed by atoms with Gasteiger partial charge in [0.2, 0.25) is 0 Å². The van der Waals surface area contributed by atoms with E-state index in [2.05, 4.69) is 0 Å². The van der Waals surface area contributed by atoms with Gasteiger partial charge in [0.1, 0.15) is 11.5 Å². The van der Waals surface area contributed by atoms with Gasteiger partial charge in [-0.15, -0.1) is 0 Å². The van der Waals surface area contributed by atoms with Crippen LogP contribution in [0.5, 0.6) is 11.5 Å². The Labute approximate surface area is 111 Å². The van der Waals surface area contributed by atoms with Crippen LogP contribution in [0.2, 0.25) is 0 Å². The lowest BCUT2D eigenvalue weighted by atomic mass is 10.1. The third kappa shape index (κ3) is 3.45. The molecule has 3 nitrogen and oxygen atoms in total. The fourth-order valence-electron chi connectivity index (χ4n) is 1.61. The molecule has 3 heteroatoms. The lowest BCUT2D eigenvalue weighted by Gasteiger charge is -2.00. The minimum atomic E-state index is -0.0734. The van der Waals surface area contributed by atoms with Gasteiger partial charge in [0.05, 0.1) is 7.11 Å². The predicted molar refractivity (Wildman–Crippen MR) is 74.5 cm³/mol. The number of methoxy groups -OCH3 is 1. The maximum Gasteiger partial charge on any atom is 0.185 e. The zero-order chi connectivity index (χ0) is 13.7. The maximum absolute atomic E-state index is 11.9. The molecule has 1 N–H and O–H groups in total. The van der Waals surface area contributed by atoms with Crippen LogP contribution in [0.1, 0.15) is 15.9 Å². The van der Waals surface area contributed by atoms with E-state index in [4.69, 9.17) is 9.84 Å². The van der Waals surface area contributed by atoms with Crippen LogP contribution in [0.15, 0.2) is 54.6 Å². The first-order valence-corrected chi connectivity index (χ1v) is 5.84. The lowest BCUT2D eigenvalue weighted by Crippen LogP contribution is -1.94. The van der Waals surface area contributed by atoms with Gasteiger partial charge in [0.25, 0.3) is 0 Å². The van der Waals surface area contributed by atoms with E-state index in [0.717, 1.165) is 11.3 Å². The Morgan fingerprint density at radius 2 is 1.68 bits per heavy atom. The zero-order valence-electron chi connectivity index (χ0n) is 10.5. The molecule has 0 spiro atoms. The Hall–Kier alpha value is -2.55. The smallest absolute Gasteiger partial charge is 0.185 e. The second kappa shape index (κ2) is 5.87. The van der Waals surface area contributed by atoms with Gasteiger partial charge in [-0.25, -0.2) is 0 Å². The fourth-order valence-corrected chi connectivity index (χ4v) is 1.61. The molecule has 2 aromatic carbocycles. The van der Waals surface area contributed by atoms with E-state index in [-0.39, 0.29) is 11.5 Å². The van der Waals surface area contributed by atoms with E-state index in [1.165, 1.54) is 6.08 Å². The van der Waals surface area contributed by atoms with Crippen molar-refractivity contribution in [3.8, 4) is 11.5 Å². The van der Waals surface area contributed by atoms with Gasteiger partial charge >= 0.3 is 0 Å². The number of carbonyl (C=O) groups excluding carboxylic acids is 1. The molecule has 0 radical (unpaired) electrons. The first-order valence-electron chi connectivity index (χ1n) is 5.84. The van der Waals surface area contributed by atoms with Crippen molar-refractivity contribution in [1.29, 1.82) is 0 Å². The number of rotatable bonds is 4. The number of aromatic hydroxyl groups is 1. The first-order chi connectivity index (χ1) is 9.19. The van der Waals surface area contributed by atoms with Gasteiger partial charge in [0, 0.05) is 5.56 Å². The molecule has 0 saturated heterocycles. The summed E-state index contributed by atoms with van der Waals surface area (Å²) in [7, 11) is 1.58. The highest BCUT2D eigenvalue weighted by atomic mass is 16.5. The van der Waals surface area contributed by atoms with Crippen LogP contribution in [-0.2, 0) is 0 Å². The summed E-state index contributed by atoms with van der Waals surface area (Å²) >= 11 is 0. The third-order valence-electron chi connectivity index (χ3n) is 2.69. The van der Waals surface area contributed by atoms with Crippen molar-refractivity contribution in [3.63, 3.8) is 0 Å². The van der Waals surface area contributed by atoms with Crippen LogP contribution in [0.3, 0.4) is 0 Å². The maximum atomic E-state index is 11.9. The van der Waals surface area contributed by atoms with Crippen LogP contribution < -0.4 is 4.74 Å². The number of hydrogen-bond acceptors (Lipinski definition) is 3. The van der Waals surface area contributed by atoms with Gasteiger partial charge in [-0.2, -0.15) is 0 Å². The summed E-state index contributed by atoms with van der Waals surface area (Å²) in [4.78, 5) is 11.9. The summed E-state index contributed by atoms with van der Waals surface area (Å²) in [5.41, 5.74) is 1.47. The molecule has 19 heavy (non-hydrogen) atoms. The van der Waals surface area contributed by atoms with Crippen molar-refractivity contribution in [1.82, 2.24) is 0 Å². The Bertz CT molecular complexity index is 580. The van der Waals surface area contributed by atoms with Crippen molar-refractivity contribution in [2.45, 2.75) is 0 Å². The molecule has 0 aliphatic rings. The molecular weight excluding hydrogens is 240 g/mol. The number of allylic oxidation sites excluding steroid dienone is 1. The molecule has 2 aromatic rings. The van der Waals surface area contributed by atoms with Gasteiger partial charge in [-0.3, -0.25) is 4.79 Å². The minimum absolute atomic E-state index is 0.0734. The van der Waals surface area contributed by atoms with Crippen molar-refractivity contribution in [2.24, 2.45) is 0 Å². The van der Waals surface area contributed by atoms with E-state index in [1.54, 1.807) is 61.7 Å². The summed E-state index contributed by atoms with van der Waals surface area (Å²) in [5, 5.41) is 9.16. The number of phenolic OH excluding ortho intramolecular Hbond substituents is 1. The third-order valence-corrected chi connectivity index (χ3v) is 2.69. The standard InChI is InChI=1S/C16H14O3/c1-19-15-9-5-13(6-10-15)16(18)11-4-12-2-7-14(17)8-3-12/h2-11,17H,1H3. The highest BCUT2D eigenvalue weighted by Crippen LogP contribution is 2.14. The molecule has 0 aliphatic heterocycles. The average Bonchev–Trinajstić information content (AvgIpc) is 2.46. The molecule has 2 rings (SSSR count). The van der Waals surface area contributed by atoms with E-state index < -0.39 is 0 Å². The van der Waals surface area contributed by atoms with Crippen molar-refractivity contribution in [2.75, 3.05) is 7.11 Å². The van der Waals surface area contributed by atoms with Crippen molar-refractivity contribution >= 4 is 11.9 Å². The van der Waals surface area contributed by atoms with Gasteiger partial charge < -0.3 is 9.84 Å². The molecule has 0 aromatic heterocycles. The number of ether oxygens (including phenoxy) is 1. The molecule has 96 valence electrons. The summed E-state index contributed by atoms with van der Waals surface area (Å²) < 4.78 is 5.04. The van der Waals surface area contributed by atoms with E-state index >= 15 is 0 Å². The predicted octanol–water partition coefficient (Wildman–Crippen LogP) is 3.30. The van der Waals surface area contributed by atoms with E-state index in [1.807, 2.05) is 0 Å². The Kier molecular flexibility index (Phi) is 3.98. The summed E-state index contributed by atoms with van der Waals surface area (Å²) in [5.74, 6) is 0.855. The lowest BCUT2D eigenvalue weighted by molar-refractivity contribution is 0.104. The van der Waals surface area contributed by atoms with Gasteiger partial charge in [-0.05, 0) is 48.0 Å². The number of carbonyl (C=O) groups is 1. The van der Waals surface area contributed by atoms with E-state index in [0.29, 0.717) is 5.56 Å². The van der Waals surface area contributed by atoms with Gasteiger partial charge in [-0.1, -0.05) is 18.2 Å². The molecule has 0 unspecified atom stereocenters. The second-order valence-electron chi connectivity index (χ2n) is 4.02. The normalized spacial score (nSPS) is 10.6. The Morgan fingerprint density at radius 1 is 1.05 bits per heavy atom. The van der Waals surface area contributed by atoms with Crippen LogP contribution >= 0.6 is 0 Å². The highest BCUT2D eigenvalue weighted by Gasteiger charge is 2.01. The molecular formula is C16H14O3. The molecule has 0 aliphatic carbocycles. The summed E-state index contributed by atoms with van der Waals surface area (Å²) in [6, 6.07) is 13.6. The summed E-state index contributed by atoms with van der Waals surface area (Å²) in [6.45, 7) is 0. The first kappa shape index (κ1) is 12.9. The SMILES string of the molecule is COc1ccc(C(=O)C=Cc2ccc(O)cc2)cc1. The monoisotopic (exact) mass is 254 g/mol. The molecule has 0 atom stereocenters. The zero-order valence-corrected chi connectivity index (χ0v) is 10.5. The quantitative estimate of drug-likeness (QED) is 0.672. The molecule has 0 amide bonds. The largest absolute Gasteiger partial charge is 0.508 e.